The molecule has 1 aliphatic carbocycles. The molecule has 4 rings (SSSR count). The van der Waals surface area contributed by atoms with Crippen molar-refractivity contribution < 1.29 is 0 Å². The number of hydrogen-bond donors (Lipinski definition) is 1. The number of hydrogen-bond acceptors (Lipinski definition) is 3. The topological polar surface area (TPSA) is 24.9 Å². The van der Waals surface area contributed by atoms with Gasteiger partial charge in [0.15, 0.2) is 0 Å². The van der Waals surface area contributed by atoms with Crippen LogP contribution >= 0.6 is 27.3 Å². The van der Waals surface area contributed by atoms with Crippen LogP contribution in [0, 0.1) is 0 Å². The minimum atomic E-state index is 0.628. The second-order valence-electron chi connectivity index (χ2n) is 5.35. The number of benzene rings is 1. The van der Waals surface area contributed by atoms with E-state index in [2.05, 4.69) is 39.4 Å². The Hall–Kier alpha value is -0.710. The fraction of sp³-hybridized carbons (Fsp3) is 0.400. The number of nitrogens with one attached hydrogen (secondary N) is 1. The number of aromatic nitrogens is 1. The van der Waals surface area contributed by atoms with Crippen molar-refractivity contribution in [3.05, 3.63) is 38.1 Å². The Bertz CT molecular complexity index is 629. The average Bonchev–Trinajstić information content (AvgIpc) is 2.96. The lowest BCUT2D eigenvalue weighted by molar-refractivity contribution is 0.460. The number of thiazole rings is 1. The van der Waals surface area contributed by atoms with E-state index in [9.17, 15) is 0 Å². The predicted molar refractivity (Wildman–Crippen MR) is 82.9 cm³/mol. The van der Waals surface area contributed by atoms with E-state index in [-0.39, 0.29) is 0 Å². The molecule has 0 spiro atoms. The summed E-state index contributed by atoms with van der Waals surface area (Å²) in [6.07, 6.45) is 3.62. The molecule has 1 unspecified atom stereocenters. The van der Waals surface area contributed by atoms with Crippen LogP contribution in [0.2, 0.25) is 0 Å². The van der Waals surface area contributed by atoms with Crippen molar-refractivity contribution in [2.24, 2.45) is 0 Å². The molecule has 1 atom stereocenters. The second kappa shape index (κ2) is 4.69. The summed E-state index contributed by atoms with van der Waals surface area (Å²) in [5.74, 6) is 0.628. The number of piperidine rings is 1. The molecule has 1 saturated heterocycles. The average molecular weight is 335 g/mol. The molecule has 1 N–H and O–H groups in total. The molecule has 1 aromatic carbocycles. The van der Waals surface area contributed by atoms with Gasteiger partial charge in [-0.1, -0.05) is 22.0 Å². The molecule has 1 aromatic heterocycles. The van der Waals surface area contributed by atoms with Crippen molar-refractivity contribution in [2.45, 2.75) is 25.2 Å². The molecule has 1 fully saturated rings. The largest absolute Gasteiger partial charge is 0.316 e. The predicted octanol–water partition coefficient (Wildman–Crippen LogP) is 3.94. The zero-order valence-electron chi connectivity index (χ0n) is 10.6. The molecule has 0 radical (unpaired) electrons. The summed E-state index contributed by atoms with van der Waals surface area (Å²) in [5, 5.41) is 4.82. The van der Waals surface area contributed by atoms with E-state index in [4.69, 9.17) is 4.98 Å². The van der Waals surface area contributed by atoms with Crippen LogP contribution in [-0.4, -0.2) is 18.1 Å². The second-order valence-corrected chi connectivity index (χ2v) is 7.38. The number of halogens is 1. The van der Waals surface area contributed by atoms with Gasteiger partial charge in [-0.2, -0.15) is 0 Å². The van der Waals surface area contributed by atoms with Gasteiger partial charge in [0.25, 0.3) is 0 Å². The maximum Gasteiger partial charge on any atom is 0.0979 e. The van der Waals surface area contributed by atoms with Gasteiger partial charge in [0.1, 0.15) is 0 Å². The Labute approximate surface area is 125 Å². The van der Waals surface area contributed by atoms with E-state index in [1.165, 1.54) is 46.1 Å². The Morgan fingerprint density at radius 1 is 1.37 bits per heavy atom. The third kappa shape index (κ3) is 2.06. The summed E-state index contributed by atoms with van der Waals surface area (Å²) in [6.45, 7) is 2.26. The molecule has 0 amide bonds. The van der Waals surface area contributed by atoms with Gasteiger partial charge >= 0.3 is 0 Å². The Balaban J connectivity index is 1.71. The van der Waals surface area contributed by atoms with Crippen LogP contribution < -0.4 is 5.32 Å². The molecule has 2 nitrogen and oxygen atoms in total. The molecule has 19 heavy (non-hydrogen) atoms. The maximum atomic E-state index is 4.95. The molecular formula is C15H15BrN2S. The first-order valence-corrected chi connectivity index (χ1v) is 8.41. The number of rotatable bonds is 1. The molecule has 2 aromatic rings. The van der Waals surface area contributed by atoms with Crippen LogP contribution in [0.25, 0.3) is 11.3 Å². The summed E-state index contributed by atoms with van der Waals surface area (Å²) in [5.41, 5.74) is 3.99. The highest BCUT2D eigenvalue weighted by atomic mass is 79.9. The summed E-state index contributed by atoms with van der Waals surface area (Å²) in [6, 6.07) is 6.55. The molecular weight excluding hydrogens is 320 g/mol. The van der Waals surface area contributed by atoms with E-state index in [1.54, 1.807) is 0 Å². The van der Waals surface area contributed by atoms with Crippen LogP contribution in [0.15, 0.2) is 22.7 Å². The highest BCUT2D eigenvalue weighted by Crippen LogP contribution is 2.42. The van der Waals surface area contributed by atoms with E-state index in [0.717, 1.165) is 17.4 Å². The maximum absolute atomic E-state index is 4.95. The lowest BCUT2D eigenvalue weighted by Crippen LogP contribution is -2.28. The van der Waals surface area contributed by atoms with E-state index in [0.29, 0.717) is 5.92 Å². The number of nitrogens with zero attached hydrogens (tertiary/aromatic N) is 1. The lowest BCUT2D eigenvalue weighted by atomic mass is 10.0. The Morgan fingerprint density at radius 2 is 2.32 bits per heavy atom. The van der Waals surface area contributed by atoms with Gasteiger partial charge < -0.3 is 5.32 Å². The van der Waals surface area contributed by atoms with Crippen molar-refractivity contribution in [3.8, 4) is 11.3 Å². The van der Waals surface area contributed by atoms with E-state index >= 15 is 0 Å². The Morgan fingerprint density at radius 3 is 3.16 bits per heavy atom. The van der Waals surface area contributed by atoms with E-state index < -0.39 is 0 Å². The fourth-order valence-corrected chi connectivity index (χ4v) is 4.70. The highest BCUT2D eigenvalue weighted by molar-refractivity contribution is 9.10. The quantitative estimate of drug-likeness (QED) is 0.728. The van der Waals surface area contributed by atoms with Gasteiger partial charge in [0.2, 0.25) is 0 Å². The normalized spacial score (nSPS) is 21.2. The van der Waals surface area contributed by atoms with Crippen molar-refractivity contribution in [1.29, 1.82) is 0 Å². The van der Waals surface area contributed by atoms with Crippen LogP contribution in [0.4, 0.5) is 0 Å². The summed E-state index contributed by atoms with van der Waals surface area (Å²) in [7, 11) is 0. The summed E-state index contributed by atoms with van der Waals surface area (Å²) < 4.78 is 1.16. The zero-order valence-corrected chi connectivity index (χ0v) is 13.0. The SMILES string of the molecule is Brc1ccc2c(c1)Cc1sc(C3CCCNC3)nc1-2. The molecule has 98 valence electrons. The minimum absolute atomic E-state index is 0.628. The summed E-state index contributed by atoms with van der Waals surface area (Å²) in [4.78, 5) is 6.40. The molecule has 2 heterocycles. The monoisotopic (exact) mass is 334 g/mol. The van der Waals surface area contributed by atoms with Gasteiger partial charge in [-0.15, -0.1) is 11.3 Å². The van der Waals surface area contributed by atoms with Gasteiger partial charge in [0, 0.05) is 33.8 Å². The highest BCUT2D eigenvalue weighted by Gasteiger charge is 2.26. The Kier molecular flexibility index (Phi) is 2.98. The minimum Gasteiger partial charge on any atom is -0.316 e. The van der Waals surface area contributed by atoms with E-state index in [1.807, 2.05) is 11.3 Å². The van der Waals surface area contributed by atoms with Gasteiger partial charge in [-0.3, -0.25) is 0 Å². The molecule has 4 heteroatoms. The third-order valence-corrected chi connectivity index (χ3v) is 5.74. The number of fused-ring (bicyclic) bond motifs is 3. The van der Waals surface area contributed by atoms with Crippen LogP contribution in [-0.2, 0) is 6.42 Å². The van der Waals surface area contributed by atoms with Crippen LogP contribution in [0.5, 0.6) is 0 Å². The molecule has 0 bridgehead atoms. The van der Waals surface area contributed by atoms with Crippen LogP contribution in [0.3, 0.4) is 0 Å². The molecule has 0 saturated carbocycles. The lowest BCUT2D eigenvalue weighted by Gasteiger charge is -2.20. The van der Waals surface area contributed by atoms with Crippen LogP contribution in [0.1, 0.15) is 34.2 Å². The van der Waals surface area contributed by atoms with Crippen molar-refractivity contribution in [1.82, 2.24) is 10.3 Å². The first kappa shape index (κ1) is 12.1. The summed E-state index contributed by atoms with van der Waals surface area (Å²) >= 11 is 5.47. The van der Waals surface area contributed by atoms with Crippen molar-refractivity contribution >= 4 is 27.3 Å². The standard InChI is InChI=1S/C15H15BrN2S/c16-11-3-4-12-10(6-11)7-13-14(12)18-15(19-13)9-2-1-5-17-8-9/h3-4,6,9,17H,1-2,5,7-8H2. The first-order valence-electron chi connectivity index (χ1n) is 6.80. The molecule has 1 aliphatic heterocycles. The fourth-order valence-electron chi connectivity index (χ4n) is 3.05. The third-order valence-electron chi connectivity index (χ3n) is 4.03. The molecule has 2 aliphatic rings. The van der Waals surface area contributed by atoms with Crippen molar-refractivity contribution in [2.75, 3.05) is 13.1 Å². The zero-order chi connectivity index (χ0) is 12.8. The van der Waals surface area contributed by atoms with Gasteiger partial charge in [0.05, 0.1) is 10.7 Å². The van der Waals surface area contributed by atoms with Gasteiger partial charge in [-0.25, -0.2) is 4.98 Å². The smallest absolute Gasteiger partial charge is 0.0979 e. The first-order chi connectivity index (χ1) is 9.31. The van der Waals surface area contributed by atoms with Gasteiger partial charge in [-0.05, 0) is 37.1 Å². The van der Waals surface area contributed by atoms with Crippen molar-refractivity contribution in [3.63, 3.8) is 0 Å².